The van der Waals surface area contributed by atoms with Gasteiger partial charge in [-0.2, -0.15) is 4.39 Å². The van der Waals surface area contributed by atoms with Gasteiger partial charge in [0.1, 0.15) is 0 Å². The van der Waals surface area contributed by atoms with Crippen molar-refractivity contribution in [1.29, 1.82) is 0 Å². The molecule has 0 N–H and O–H groups in total. The molecule has 0 saturated carbocycles. The van der Waals surface area contributed by atoms with E-state index in [0.717, 1.165) is 5.56 Å². The fourth-order valence-corrected chi connectivity index (χ4v) is 2.04. The zero-order valence-corrected chi connectivity index (χ0v) is 9.80. The van der Waals surface area contributed by atoms with Gasteiger partial charge in [0.25, 0.3) is 0 Å². The fraction of sp³-hybridized carbons (Fsp3) is 0.273. The van der Waals surface area contributed by atoms with E-state index < -0.39 is 0 Å². The lowest BCUT2D eigenvalue weighted by molar-refractivity contribution is 0.174. The molecule has 1 heterocycles. The van der Waals surface area contributed by atoms with Crippen molar-refractivity contribution in [3.8, 4) is 11.5 Å². The van der Waals surface area contributed by atoms with Gasteiger partial charge < -0.3 is 9.47 Å². The van der Waals surface area contributed by atoms with Gasteiger partial charge in [0.15, 0.2) is 16.2 Å². The van der Waals surface area contributed by atoms with Crippen LogP contribution in [0.25, 0.3) is 5.57 Å². The van der Waals surface area contributed by atoms with Gasteiger partial charge in [0.05, 0.1) is 0 Å². The Labute approximate surface area is 95.8 Å². The summed E-state index contributed by atoms with van der Waals surface area (Å²) in [5.41, 5.74) is 1.45. The molecule has 1 aliphatic heterocycles. The molecule has 4 heteroatoms. The van der Waals surface area contributed by atoms with Crippen molar-refractivity contribution in [1.82, 2.24) is 0 Å². The fourth-order valence-electron chi connectivity index (χ4n) is 1.53. The molecular weight excluding hydrogens is 263 g/mol. The third-order valence-corrected chi connectivity index (χ3v) is 2.78. The second-order valence-corrected chi connectivity index (χ2v) is 3.86. The summed E-state index contributed by atoms with van der Waals surface area (Å²) in [5.74, 6) is 1.39. The molecule has 0 unspecified atom stereocenters. The SMILES string of the molecule is CC/C(=C(\F)Br)c1ccc2c(c1)OCO2. The van der Waals surface area contributed by atoms with Crippen molar-refractivity contribution >= 4 is 21.5 Å². The normalized spacial score (nSPS) is 15.1. The lowest BCUT2D eigenvalue weighted by atomic mass is 10.0. The Morgan fingerprint density at radius 1 is 1.40 bits per heavy atom. The second-order valence-electron chi connectivity index (χ2n) is 3.16. The van der Waals surface area contributed by atoms with Crippen molar-refractivity contribution in [3.63, 3.8) is 0 Å². The number of benzene rings is 1. The predicted molar refractivity (Wildman–Crippen MR) is 59.8 cm³/mol. The molecule has 0 aromatic heterocycles. The van der Waals surface area contributed by atoms with Crippen molar-refractivity contribution in [2.45, 2.75) is 13.3 Å². The third kappa shape index (κ3) is 2.00. The molecule has 1 aromatic rings. The highest BCUT2D eigenvalue weighted by atomic mass is 79.9. The standard InChI is InChI=1S/C11H10BrFO2/c1-2-8(11(12)13)7-3-4-9-10(5-7)15-6-14-9/h3-5H,2,6H2,1H3/b11-8+. The van der Waals surface area contributed by atoms with Crippen LogP contribution in [0.4, 0.5) is 4.39 Å². The van der Waals surface area contributed by atoms with Crippen LogP contribution in [-0.2, 0) is 0 Å². The number of halogens is 2. The molecule has 2 rings (SSSR count). The summed E-state index contributed by atoms with van der Waals surface area (Å²) in [7, 11) is 0. The predicted octanol–water partition coefficient (Wildman–Crippen LogP) is 3.86. The zero-order valence-electron chi connectivity index (χ0n) is 8.22. The van der Waals surface area contributed by atoms with E-state index in [0.29, 0.717) is 23.5 Å². The van der Waals surface area contributed by atoms with E-state index in [1.165, 1.54) is 0 Å². The second kappa shape index (κ2) is 4.23. The molecule has 0 saturated heterocycles. The van der Waals surface area contributed by atoms with E-state index in [2.05, 4.69) is 15.9 Å². The van der Waals surface area contributed by atoms with Gasteiger partial charge >= 0.3 is 0 Å². The maximum atomic E-state index is 13.1. The van der Waals surface area contributed by atoms with Crippen LogP contribution in [-0.4, -0.2) is 6.79 Å². The largest absolute Gasteiger partial charge is 0.454 e. The first-order valence-electron chi connectivity index (χ1n) is 4.66. The van der Waals surface area contributed by atoms with Crippen molar-refractivity contribution in [2.75, 3.05) is 6.79 Å². The number of hydrogen-bond acceptors (Lipinski definition) is 2. The molecule has 0 aliphatic carbocycles. The minimum atomic E-state index is -0.330. The van der Waals surface area contributed by atoms with Crippen LogP contribution < -0.4 is 9.47 Å². The average Bonchev–Trinajstić information content (AvgIpc) is 2.65. The van der Waals surface area contributed by atoms with Gasteiger partial charge in [0.2, 0.25) is 6.79 Å². The number of allylic oxidation sites excluding steroid dienone is 1. The molecule has 1 aromatic carbocycles. The van der Waals surface area contributed by atoms with Crippen molar-refractivity contribution in [3.05, 3.63) is 28.5 Å². The quantitative estimate of drug-likeness (QED) is 0.814. The Morgan fingerprint density at radius 3 is 2.80 bits per heavy atom. The van der Waals surface area contributed by atoms with Gasteiger partial charge in [-0.3, -0.25) is 0 Å². The zero-order chi connectivity index (χ0) is 10.8. The van der Waals surface area contributed by atoms with Crippen LogP contribution in [0.15, 0.2) is 22.9 Å². The molecule has 0 atom stereocenters. The van der Waals surface area contributed by atoms with Gasteiger partial charge in [-0.15, -0.1) is 0 Å². The van der Waals surface area contributed by atoms with Crippen LogP contribution in [0.1, 0.15) is 18.9 Å². The third-order valence-electron chi connectivity index (χ3n) is 2.30. The van der Waals surface area contributed by atoms with Gasteiger partial charge in [0, 0.05) is 5.57 Å². The molecule has 80 valence electrons. The molecule has 0 spiro atoms. The number of hydrogen-bond donors (Lipinski definition) is 0. The Balaban J connectivity index is 2.42. The molecular formula is C11H10BrFO2. The van der Waals surface area contributed by atoms with Crippen molar-refractivity contribution < 1.29 is 13.9 Å². The minimum Gasteiger partial charge on any atom is -0.454 e. The maximum absolute atomic E-state index is 13.1. The molecule has 0 bridgehead atoms. The molecule has 0 radical (unpaired) electrons. The highest BCUT2D eigenvalue weighted by Crippen LogP contribution is 2.36. The van der Waals surface area contributed by atoms with Gasteiger partial charge in [-0.1, -0.05) is 13.0 Å². The van der Waals surface area contributed by atoms with E-state index in [1.54, 1.807) is 12.1 Å². The van der Waals surface area contributed by atoms with E-state index in [4.69, 9.17) is 9.47 Å². The first-order valence-corrected chi connectivity index (χ1v) is 5.46. The summed E-state index contributed by atoms with van der Waals surface area (Å²) in [6.07, 6.45) is 0.622. The molecule has 2 nitrogen and oxygen atoms in total. The highest BCUT2D eigenvalue weighted by Gasteiger charge is 2.15. The molecule has 1 aliphatic rings. The summed E-state index contributed by atoms with van der Waals surface area (Å²) < 4.78 is 23.2. The van der Waals surface area contributed by atoms with Gasteiger partial charge in [-0.25, -0.2) is 0 Å². The first kappa shape index (κ1) is 10.5. The van der Waals surface area contributed by atoms with E-state index in [-0.39, 0.29) is 11.5 Å². The van der Waals surface area contributed by atoms with Crippen LogP contribution in [0, 0.1) is 0 Å². The Bertz CT molecular complexity index is 411. The first-order chi connectivity index (χ1) is 7.22. The smallest absolute Gasteiger partial charge is 0.231 e. The highest BCUT2D eigenvalue weighted by molar-refractivity contribution is 9.11. The monoisotopic (exact) mass is 272 g/mol. The summed E-state index contributed by atoms with van der Waals surface area (Å²) >= 11 is 2.86. The molecule has 0 amide bonds. The van der Waals surface area contributed by atoms with Crippen LogP contribution >= 0.6 is 15.9 Å². The Kier molecular flexibility index (Phi) is 2.95. The minimum absolute atomic E-state index is 0.237. The summed E-state index contributed by atoms with van der Waals surface area (Å²) in [5, 5.41) is 0. The molecule has 15 heavy (non-hydrogen) atoms. The van der Waals surface area contributed by atoms with E-state index in [1.807, 2.05) is 13.0 Å². The average molecular weight is 273 g/mol. The Hall–Kier alpha value is -1.03. The van der Waals surface area contributed by atoms with Crippen LogP contribution in [0.3, 0.4) is 0 Å². The summed E-state index contributed by atoms with van der Waals surface area (Å²) in [4.78, 5) is 0. The van der Waals surface area contributed by atoms with Crippen molar-refractivity contribution in [2.24, 2.45) is 0 Å². The lowest BCUT2D eigenvalue weighted by Gasteiger charge is -2.05. The maximum Gasteiger partial charge on any atom is 0.231 e. The van der Waals surface area contributed by atoms with Gasteiger partial charge in [-0.05, 0) is 40.0 Å². The number of fused-ring (bicyclic) bond motifs is 1. The summed E-state index contributed by atoms with van der Waals surface area (Å²) in [6.45, 7) is 2.14. The van der Waals surface area contributed by atoms with Crippen LogP contribution in [0.5, 0.6) is 11.5 Å². The molecule has 0 fully saturated rings. The van der Waals surface area contributed by atoms with E-state index >= 15 is 0 Å². The van der Waals surface area contributed by atoms with Crippen LogP contribution in [0.2, 0.25) is 0 Å². The summed E-state index contributed by atoms with van der Waals surface area (Å²) in [6, 6.07) is 5.42. The van der Waals surface area contributed by atoms with E-state index in [9.17, 15) is 4.39 Å². The number of rotatable bonds is 2. The Morgan fingerprint density at radius 2 is 2.13 bits per heavy atom. The number of ether oxygens (including phenoxy) is 2. The topological polar surface area (TPSA) is 18.5 Å². The lowest BCUT2D eigenvalue weighted by Crippen LogP contribution is -1.92.